The summed E-state index contributed by atoms with van der Waals surface area (Å²) in [5.74, 6) is 0.507. The van der Waals surface area contributed by atoms with Gasteiger partial charge in [0.05, 0.1) is 18.5 Å². The zero-order valence-electron chi connectivity index (χ0n) is 18.7. The van der Waals surface area contributed by atoms with Crippen LogP contribution in [0.1, 0.15) is 4.88 Å². The van der Waals surface area contributed by atoms with Crippen LogP contribution in [0.15, 0.2) is 53.3 Å². The number of hydrogen-bond donors (Lipinski definition) is 1. The van der Waals surface area contributed by atoms with Crippen LogP contribution < -0.4 is 19.8 Å². The summed E-state index contributed by atoms with van der Waals surface area (Å²) in [7, 11) is 3.17. The lowest BCUT2D eigenvalue weighted by molar-refractivity contribution is 0.244. The summed E-state index contributed by atoms with van der Waals surface area (Å²) in [4.78, 5) is 30.2. The van der Waals surface area contributed by atoms with E-state index in [2.05, 4.69) is 21.2 Å². The van der Waals surface area contributed by atoms with E-state index in [9.17, 15) is 14.0 Å². The van der Waals surface area contributed by atoms with Crippen LogP contribution in [0.5, 0.6) is 5.75 Å². The minimum absolute atomic E-state index is 0.343. The molecule has 4 rings (SSSR count). The molecule has 1 aromatic heterocycles. The molecule has 1 amide bonds. The van der Waals surface area contributed by atoms with Gasteiger partial charge in [0.1, 0.15) is 11.6 Å². The monoisotopic (exact) mass is 470 g/mol. The number of benzene rings is 2. The molecule has 1 aliphatic rings. The molecule has 3 aromatic rings. The third kappa shape index (κ3) is 4.94. The van der Waals surface area contributed by atoms with Crippen LogP contribution >= 0.6 is 11.3 Å². The molecule has 1 N–H and O–H groups in total. The number of rotatable bonds is 6. The number of piperazine rings is 1. The lowest BCUT2D eigenvalue weighted by Gasteiger charge is -2.36. The Morgan fingerprint density at radius 1 is 1.09 bits per heavy atom. The highest BCUT2D eigenvalue weighted by molar-refractivity contribution is 7.09. The van der Waals surface area contributed by atoms with Crippen LogP contribution in [0.3, 0.4) is 0 Å². The molecule has 0 atom stereocenters. The molecule has 0 saturated carbocycles. The molecule has 0 unspecified atom stereocenters. The fourth-order valence-electron chi connectivity index (χ4n) is 4.14. The van der Waals surface area contributed by atoms with Gasteiger partial charge in [0, 0.05) is 50.2 Å². The van der Waals surface area contributed by atoms with E-state index in [1.165, 1.54) is 19.2 Å². The molecule has 0 spiro atoms. The van der Waals surface area contributed by atoms with Gasteiger partial charge in [-0.15, -0.1) is 0 Å². The van der Waals surface area contributed by atoms with Gasteiger partial charge in [-0.1, -0.05) is 23.5 Å². The van der Waals surface area contributed by atoms with E-state index in [4.69, 9.17) is 4.74 Å². The largest absolute Gasteiger partial charge is 0.495 e. The summed E-state index contributed by atoms with van der Waals surface area (Å²) >= 11 is 1.07. The van der Waals surface area contributed by atoms with Gasteiger partial charge in [-0.05, 0) is 42.8 Å². The average Bonchev–Trinajstić information content (AvgIpc) is 3.19. The lowest BCUT2D eigenvalue weighted by Crippen LogP contribution is -2.47. The van der Waals surface area contributed by atoms with E-state index in [-0.39, 0.29) is 10.7 Å². The van der Waals surface area contributed by atoms with Gasteiger partial charge >= 0.3 is 10.9 Å². The van der Waals surface area contributed by atoms with Gasteiger partial charge < -0.3 is 15.0 Å². The third-order valence-corrected chi connectivity index (χ3v) is 6.87. The summed E-state index contributed by atoms with van der Waals surface area (Å²) in [5, 5.41) is 2.52. The molecule has 1 fully saturated rings. The second-order valence-electron chi connectivity index (χ2n) is 7.79. The number of ether oxygens (including phenoxy) is 1. The van der Waals surface area contributed by atoms with Crippen LogP contribution in [0, 0.1) is 5.82 Å². The number of carbonyl (C=O) groups is 1. The summed E-state index contributed by atoms with van der Waals surface area (Å²) < 4.78 is 20.1. The first-order chi connectivity index (χ1) is 16.0. The first-order valence-corrected chi connectivity index (χ1v) is 11.7. The number of methoxy groups -OCH3 is 1. The summed E-state index contributed by atoms with van der Waals surface area (Å²) in [6.07, 6.45) is 0.630. The van der Waals surface area contributed by atoms with Gasteiger partial charge in [-0.2, -0.15) is 0 Å². The van der Waals surface area contributed by atoms with Crippen LogP contribution in [-0.4, -0.2) is 62.4 Å². The normalized spacial score (nSPS) is 14.3. The highest BCUT2D eigenvalue weighted by Gasteiger charge is 2.23. The summed E-state index contributed by atoms with van der Waals surface area (Å²) in [6, 6.07) is 13.4. The molecule has 1 aliphatic heterocycles. The topological polar surface area (TPSA) is 66.8 Å². The molecule has 9 heteroatoms. The van der Waals surface area contributed by atoms with Crippen molar-refractivity contribution < 1.29 is 13.9 Å². The fourth-order valence-corrected chi connectivity index (χ4v) is 5.12. The number of thiazole rings is 1. The van der Waals surface area contributed by atoms with Gasteiger partial charge in [-0.25, -0.2) is 13.8 Å². The molecule has 0 radical (unpaired) electrons. The molecule has 33 heavy (non-hydrogen) atoms. The average molecular weight is 471 g/mol. The Bertz CT molecular complexity index is 1170. The maximum atomic E-state index is 13.5. The second-order valence-corrected chi connectivity index (χ2v) is 8.83. The van der Waals surface area contributed by atoms with Gasteiger partial charge in [0.2, 0.25) is 0 Å². The predicted molar refractivity (Wildman–Crippen MR) is 129 cm³/mol. The molecular weight excluding hydrogens is 443 g/mol. The second kappa shape index (κ2) is 10.2. The van der Waals surface area contributed by atoms with Gasteiger partial charge in [-0.3, -0.25) is 9.69 Å². The van der Waals surface area contributed by atoms with Gasteiger partial charge in [0.15, 0.2) is 0 Å². The Morgan fingerprint density at radius 2 is 1.79 bits per heavy atom. The van der Waals surface area contributed by atoms with Crippen molar-refractivity contribution in [1.29, 1.82) is 0 Å². The molecule has 1 saturated heterocycles. The minimum Gasteiger partial charge on any atom is -0.495 e. The van der Waals surface area contributed by atoms with Crippen molar-refractivity contribution >= 4 is 23.1 Å². The summed E-state index contributed by atoms with van der Waals surface area (Å²) in [6.45, 7) is 4.28. The Balaban J connectivity index is 1.48. The molecule has 174 valence electrons. The van der Waals surface area contributed by atoms with Crippen molar-refractivity contribution in [3.05, 3.63) is 68.9 Å². The van der Waals surface area contributed by atoms with Crippen molar-refractivity contribution in [2.45, 2.75) is 6.42 Å². The maximum absolute atomic E-state index is 13.5. The summed E-state index contributed by atoms with van der Waals surface area (Å²) in [5.41, 5.74) is 2.28. The number of nitrogens with zero attached hydrogens (tertiary/aromatic N) is 3. The van der Waals surface area contributed by atoms with Crippen molar-refractivity contribution in [1.82, 2.24) is 14.8 Å². The first kappa shape index (κ1) is 23.0. The number of halogens is 1. The van der Waals surface area contributed by atoms with Crippen molar-refractivity contribution in [3.63, 3.8) is 0 Å². The number of hydrogen-bond acceptors (Lipinski definition) is 6. The number of anilines is 1. The Morgan fingerprint density at radius 3 is 2.45 bits per heavy atom. The SMILES string of the molecule is CNC(=O)n1c(-c2ccc(F)cc2)c(CCN2CCN(c3ccccc3OC)CC2)sc1=O. The van der Waals surface area contributed by atoms with Crippen molar-refractivity contribution in [2.75, 3.05) is 51.8 Å². The van der Waals surface area contributed by atoms with Crippen LogP contribution in [0.4, 0.5) is 14.9 Å². The van der Waals surface area contributed by atoms with Crippen LogP contribution in [0.25, 0.3) is 11.3 Å². The molecule has 0 aliphatic carbocycles. The van der Waals surface area contributed by atoms with E-state index in [0.717, 1.165) is 64.9 Å². The minimum atomic E-state index is -0.493. The quantitative estimate of drug-likeness (QED) is 0.599. The highest BCUT2D eigenvalue weighted by Crippen LogP contribution is 2.29. The molecule has 0 bridgehead atoms. The number of amides is 1. The number of aromatic nitrogens is 1. The molecule has 2 aromatic carbocycles. The van der Waals surface area contributed by atoms with Crippen LogP contribution in [0.2, 0.25) is 0 Å². The van der Waals surface area contributed by atoms with E-state index in [0.29, 0.717) is 17.7 Å². The van der Waals surface area contributed by atoms with Crippen molar-refractivity contribution in [2.24, 2.45) is 0 Å². The molecule has 7 nitrogen and oxygen atoms in total. The molecule has 2 heterocycles. The third-order valence-electron chi connectivity index (χ3n) is 5.87. The maximum Gasteiger partial charge on any atom is 0.329 e. The van der Waals surface area contributed by atoms with E-state index in [1.54, 1.807) is 19.2 Å². The number of nitrogens with one attached hydrogen (secondary N) is 1. The van der Waals surface area contributed by atoms with E-state index < -0.39 is 6.03 Å². The standard InChI is InChI=1S/C24H27FN4O3S/c1-26-23(30)29-22(17-7-9-18(25)10-8-17)21(33-24(29)31)11-12-27-13-15-28(16-14-27)19-5-3-4-6-20(19)32-2/h3-10H,11-16H2,1-2H3,(H,26,30). The fraction of sp³-hybridized carbons (Fsp3) is 0.333. The number of carbonyl (C=O) groups excluding carboxylic acids is 1. The van der Waals surface area contributed by atoms with Crippen LogP contribution in [-0.2, 0) is 6.42 Å². The van der Waals surface area contributed by atoms with E-state index in [1.807, 2.05) is 18.2 Å². The zero-order valence-corrected chi connectivity index (χ0v) is 19.5. The Labute approximate surface area is 196 Å². The van der Waals surface area contributed by atoms with E-state index >= 15 is 0 Å². The Kier molecular flexibility index (Phi) is 7.10. The predicted octanol–water partition coefficient (Wildman–Crippen LogP) is 3.28. The highest BCUT2D eigenvalue weighted by atomic mass is 32.1. The Hall–Kier alpha value is -3.17. The number of para-hydroxylation sites is 2. The zero-order chi connectivity index (χ0) is 23.4. The first-order valence-electron chi connectivity index (χ1n) is 10.8. The molecular formula is C24H27FN4O3S. The smallest absolute Gasteiger partial charge is 0.329 e. The van der Waals surface area contributed by atoms with Gasteiger partial charge in [0.25, 0.3) is 0 Å². The lowest BCUT2D eigenvalue weighted by atomic mass is 10.1. The van der Waals surface area contributed by atoms with Crippen molar-refractivity contribution in [3.8, 4) is 17.0 Å².